The Morgan fingerprint density at radius 2 is 1.07 bits per heavy atom. The SMILES string of the molecule is CCCCCCCCCCCC([NH3+])(C(=O)C(C)(O)CO)C(=O)C(C)(O)CO.[Cl-]. The smallest absolute Gasteiger partial charge is 0.234 e. The average molecular weight is 426 g/mol. The molecule has 0 aliphatic rings. The number of carbonyl (C=O) groups excluding carboxylic acids is 2. The van der Waals surface area contributed by atoms with Gasteiger partial charge in [0, 0.05) is 6.42 Å². The number of aliphatic hydroxyl groups excluding tert-OH is 2. The Kier molecular flexibility index (Phi) is 14.4. The van der Waals surface area contributed by atoms with Crippen LogP contribution in [0.15, 0.2) is 0 Å². The Bertz CT molecular complexity index is 440. The van der Waals surface area contributed by atoms with Gasteiger partial charge in [-0.05, 0) is 20.3 Å². The zero-order chi connectivity index (χ0) is 21.1. The number of unbranched alkanes of at least 4 members (excludes halogenated alkanes) is 8. The molecule has 0 radical (unpaired) electrons. The van der Waals surface area contributed by atoms with Gasteiger partial charge >= 0.3 is 0 Å². The largest absolute Gasteiger partial charge is 1.00 e. The molecule has 2 atom stereocenters. The third-order valence-corrected chi connectivity index (χ3v) is 5.17. The summed E-state index contributed by atoms with van der Waals surface area (Å²) >= 11 is 0. The Balaban J connectivity index is 0. The van der Waals surface area contributed by atoms with E-state index in [1.807, 2.05) is 0 Å². The number of carbonyl (C=O) groups is 2. The van der Waals surface area contributed by atoms with Crippen LogP contribution in [0.5, 0.6) is 0 Å². The van der Waals surface area contributed by atoms with Crippen molar-refractivity contribution in [2.45, 2.75) is 102 Å². The highest BCUT2D eigenvalue weighted by Crippen LogP contribution is 2.25. The minimum Gasteiger partial charge on any atom is -1.00 e. The van der Waals surface area contributed by atoms with E-state index in [0.29, 0.717) is 6.42 Å². The van der Waals surface area contributed by atoms with Crippen molar-refractivity contribution < 1.29 is 48.2 Å². The van der Waals surface area contributed by atoms with Crippen LogP contribution in [0.4, 0.5) is 0 Å². The van der Waals surface area contributed by atoms with Crippen LogP contribution in [0.3, 0.4) is 0 Å². The van der Waals surface area contributed by atoms with Gasteiger partial charge in [0.1, 0.15) is 11.2 Å². The number of ketones is 2. The highest BCUT2D eigenvalue weighted by Gasteiger charge is 2.57. The maximum Gasteiger partial charge on any atom is 0.234 e. The number of quaternary nitrogens is 1. The van der Waals surface area contributed by atoms with E-state index in [-0.39, 0.29) is 18.8 Å². The van der Waals surface area contributed by atoms with E-state index in [1.54, 1.807) is 0 Å². The molecule has 0 amide bonds. The minimum absolute atomic E-state index is 0. The molecule has 8 heteroatoms. The van der Waals surface area contributed by atoms with Crippen molar-refractivity contribution in [1.82, 2.24) is 0 Å². The molecular weight excluding hydrogens is 386 g/mol. The Morgan fingerprint density at radius 3 is 1.39 bits per heavy atom. The summed E-state index contributed by atoms with van der Waals surface area (Å²) < 4.78 is 0. The fourth-order valence-electron chi connectivity index (χ4n) is 3.24. The Hall–Kier alpha value is -0.570. The monoisotopic (exact) mass is 425 g/mol. The second kappa shape index (κ2) is 13.6. The summed E-state index contributed by atoms with van der Waals surface area (Å²) in [4.78, 5) is 25.4. The molecule has 7 nitrogen and oxygen atoms in total. The van der Waals surface area contributed by atoms with Crippen molar-refractivity contribution in [3.63, 3.8) is 0 Å². The summed E-state index contributed by atoms with van der Waals surface area (Å²) in [5.41, 5.74) is -2.47. The van der Waals surface area contributed by atoms with Crippen molar-refractivity contribution >= 4 is 11.6 Å². The normalized spacial score (nSPS) is 17.7. The lowest BCUT2D eigenvalue weighted by Gasteiger charge is -2.34. The first-order valence-electron chi connectivity index (χ1n) is 10.1. The van der Waals surface area contributed by atoms with Crippen LogP contribution >= 0.6 is 0 Å². The van der Waals surface area contributed by atoms with E-state index < -0.39 is 41.5 Å². The van der Waals surface area contributed by atoms with Crippen LogP contribution in [0.1, 0.15) is 85.0 Å². The number of halogens is 1. The molecule has 0 heterocycles. The van der Waals surface area contributed by atoms with Crippen molar-refractivity contribution in [3.05, 3.63) is 0 Å². The minimum atomic E-state index is -2.14. The van der Waals surface area contributed by atoms with E-state index in [1.165, 1.54) is 25.7 Å². The van der Waals surface area contributed by atoms with Crippen molar-refractivity contribution in [1.29, 1.82) is 0 Å². The van der Waals surface area contributed by atoms with Gasteiger partial charge in [0.2, 0.25) is 17.1 Å². The molecule has 0 aliphatic heterocycles. The molecule has 0 aromatic heterocycles. The zero-order valence-electron chi connectivity index (χ0n) is 17.7. The Morgan fingerprint density at radius 1 is 0.750 bits per heavy atom. The van der Waals surface area contributed by atoms with Gasteiger partial charge in [0.15, 0.2) is 0 Å². The second-order valence-corrected chi connectivity index (χ2v) is 8.18. The molecule has 0 rings (SSSR count). The third-order valence-electron chi connectivity index (χ3n) is 5.17. The van der Waals surface area contributed by atoms with E-state index in [9.17, 15) is 30.0 Å². The van der Waals surface area contributed by atoms with Crippen molar-refractivity contribution in [2.75, 3.05) is 13.2 Å². The van der Waals surface area contributed by atoms with Gasteiger partial charge in [-0.3, -0.25) is 9.59 Å². The van der Waals surface area contributed by atoms with Crippen molar-refractivity contribution in [3.8, 4) is 0 Å². The van der Waals surface area contributed by atoms with Gasteiger partial charge in [0.25, 0.3) is 0 Å². The lowest BCUT2D eigenvalue weighted by molar-refractivity contribution is -0.445. The number of Topliss-reactive ketones (excluding diaryl/α,β-unsaturated/α-hetero) is 2. The summed E-state index contributed by atoms with van der Waals surface area (Å²) in [5.74, 6) is -1.87. The van der Waals surface area contributed by atoms with Gasteiger partial charge in [0.05, 0.1) is 13.2 Å². The number of aliphatic hydroxyl groups is 4. The molecule has 7 N–H and O–H groups in total. The van der Waals surface area contributed by atoms with E-state index in [4.69, 9.17) is 0 Å². The predicted octanol–water partition coefficient (Wildman–Crippen LogP) is -2.48. The standard InChI is InChI=1S/C20H39NO6.ClH/c1-4-5-6-7-8-9-10-11-12-13-20(21,16(24)18(2,26)14-22)17(25)19(3,27)15-23;/h22-23,26-27H,4-15,21H2,1-3H3;1H. The molecule has 2 unspecified atom stereocenters. The lowest BCUT2D eigenvalue weighted by Crippen LogP contribution is -3.00. The fourth-order valence-corrected chi connectivity index (χ4v) is 3.24. The van der Waals surface area contributed by atoms with Gasteiger partial charge in [-0.1, -0.05) is 58.3 Å². The molecule has 0 aromatic carbocycles. The molecular formula is C20H40ClNO6. The molecule has 0 bridgehead atoms. The van der Waals surface area contributed by atoms with Crippen LogP contribution in [-0.4, -0.2) is 61.9 Å². The van der Waals surface area contributed by atoms with Crippen molar-refractivity contribution in [2.24, 2.45) is 0 Å². The van der Waals surface area contributed by atoms with E-state index in [2.05, 4.69) is 12.7 Å². The van der Waals surface area contributed by atoms with Gasteiger partial charge < -0.3 is 38.6 Å². The third kappa shape index (κ3) is 8.84. The molecule has 0 saturated heterocycles. The van der Waals surface area contributed by atoms with E-state index in [0.717, 1.165) is 39.5 Å². The summed E-state index contributed by atoms with van der Waals surface area (Å²) in [6.45, 7) is 2.71. The molecule has 0 spiro atoms. The van der Waals surface area contributed by atoms with Gasteiger partial charge in [-0.15, -0.1) is 0 Å². The topological polar surface area (TPSA) is 143 Å². The molecule has 0 aliphatic carbocycles. The summed E-state index contributed by atoms with van der Waals surface area (Å²) in [6.07, 6.45) is 9.51. The van der Waals surface area contributed by atoms with Gasteiger partial charge in [-0.25, -0.2) is 0 Å². The number of hydrogen-bond acceptors (Lipinski definition) is 6. The molecule has 28 heavy (non-hydrogen) atoms. The van der Waals surface area contributed by atoms with Crippen LogP contribution in [0, 0.1) is 0 Å². The molecule has 168 valence electrons. The van der Waals surface area contributed by atoms with E-state index >= 15 is 0 Å². The first kappa shape index (κ1) is 29.6. The van der Waals surface area contributed by atoms with Crippen LogP contribution in [-0.2, 0) is 9.59 Å². The maximum atomic E-state index is 12.7. The van der Waals surface area contributed by atoms with Crippen LogP contribution < -0.4 is 18.1 Å². The fraction of sp³-hybridized carbons (Fsp3) is 0.900. The molecule has 0 aromatic rings. The number of hydrogen-bond donors (Lipinski definition) is 5. The quantitative estimate of drug-likeness (QED) is 0.137. The van der Waals surface area contributed by atoms with Gasteiger partial charge in [-0.2, -0.15) is 0 Å². The second-order valence-electron chi connectivity index (χ2n) is 8.18. The summed E-state index contributed by atoms with van der Waals surface area (Å²) in [5, 5.41) is 38.8. The highest BCUT2D eigenvalue weighted by atomic mass is 35.5. The van der Waals surface area contributed by atoms with Crippen LogP contribution in [0.25, 0.3) is 0 Å². The molecule has 0 fully saturated rings. The first-order valence-corrected chi connectivity index (χ1v) is 10.1. The molecule has 0 saturated carbocycles. The Labute approximate surface area is 175 Å². The predicted molar refractivity (Wildman–Crippen MR) is 103 cm³/mol. The first-order chi connectivity index (χ1) is 12.5. The average Bonchev–Trinajstić information content (AvgIpc) is 2.65. The summed E-state index contributed by atoms with van der Waals surface area (Å²) in [6, 6.07) is 0. The lowest BCUT2D eigenvalue weighted by atomic mass is 9.73. The summed E-state index contributed by atoms with van der Waals surface area (Å²) in [7, 11) is 0. The maximum absolute atomic E-state index is 12.7. The zero-order valence-corrected chi connectivity index (χ0v) is 18.4. The number of rotatable bonds is 16. The highest BCUT2D eigenvalue weighted by molar-refractivity contribution is 6.15. The van der Waals surface area contributed by atoms with Crippen LogP contribution in [0.2, 0.25) is 0 Å².